The maximum absolute atomic E-state index is 13.3. The number of ether oxygens (including phenoxy) is 1. The number of methoxy groups -OCH3 is 1. The van der Waals surface area contributed by atoms with Crippen LogP contribution in [0.1, 0.15) is 36.2 Å². The monoisotopic (exact) mass is 399 g/mol. The van der Waals surface area contributed by atoms with Crippen LogP contribution in [0.15, 0.2) is 42.6 Å². The van der Waals surface area contributed by atoms with Gasteiger partial charge in [0.25, 0.3) is 0 Å². The number of hydrogen-bond donors (Lipinski definition) is 0. The first-order valence-electron chi connectivity index (χ1n) is 9.73. The molecule has 154 valence electrons. The van der Waals surface area contributed by atoms with Gasteiger partial charge in [0.05, 0.1) is 13.2 Å². The summed E-state index contributed by atoms with van der Waals surface area (Å²) in [5.74, 6) is -0.00116. The average molecular weight is 399 g/mol. The molecule has 0 unspecified atom stereocenters. The maximum Gasteiger partial charge on any atom is 0.341 e. The fraction of sp³-hybridized carbons (Fsp3) is 0.409. The molecular weight excluding hydrogens is 373 g/mol. The lowest BCUT2D eigenvalue weighted by Crippen LogP contribution is -2.46. The van der Waals surface area contributed by atoms with E-state index >= 15 is 0 Å². The van der Waals surface area contributed by atoms with Gasteiger partial charge in [-0.05, 0) is 35.7 Å². The summed E-state index contributed by atoms with van der Waals surface area (Å²) < 4.78 is 18.1. The van der Waals surface area contributed by atoms with E-state index in [1.54, 1.807) is 30.5 Å². The number of carbonyl (C=O) groups excluding carboxylic acids is 2. The number of anilines is 1. The highest BCUT2D eigenvalue weighted by Gasteiger charge is 2.33. The highest BCUT2D eigenvalue weighted by Crippen LogP contribution is 2.26. The zero-order valence-corrected chi connectivity index (χ0v) is 17.0. The van der Waals surface area contributed by atoms with Crippen molar-refractivity contribution in [3.05, 3.63) is 59.5 Å². The van der Waals surface area contributed by atoms with Crippen LogP contribution in [-0.4, -0.2) is 48.0 Å². The van der Waals surface area contributed by atoms with Crippen molar-refractivity contribution in [3.8, 4) is 0 Å². The summed E-state index contributed by atoms with van der Waals surface area (Å²) in [6.45, 7) is 5.56. The number of amides is 1. The first kappa shape index (κ1) is 20.8. The standard InChI is InChI=1S/C22H26FN3O3/c1-15(2)19-14-25(21-18(22(28)29-3)5-4-11-24-21)12-10-20(27)26(19)13-16-6-8-17(23)9-7-16/h4-9,11,15,19H,10,12-14H2,1-3H3/t19-/m1/s1. The molecule has 1 amide bonds. The van der Waals surface area contributed by atoms with E-state index < -0.39 is 5.97 Å². The van der Waals surface area contributed by atoms with E-state index in [2.05, 4.69) is 18.8 Å². The zero-order valence-electron chi connectivity index (χ0n) is 17.0. The minimum absolute atomic E-state index is 0.0334. The quantitative estimate of drug-likeness (QED) is 0.722. The van der Waals surface area contributed by atoms with Gasteiger partial charge in [-0.25, -0.2) is 14.2 Å². The van der Waals surface area contributed by atoms with Gasteiger partial charge in [0.1, 0.15) is 17.2 Å². The summed E-state index contributed by atoms with van der Waals surface area (Å²) in [6, 6.07) is 9.52. The molecule has 3 rings (SSSR count). The molecule has 1 saturated heterocycles. The topological polar surface area (TPSA) is 62.7 Å². The third kappa shape index (κ3) is 4.72. The number of halogens is 1. The molecule has 1 aliphatic heterocycles. The third-order valence-corrected chi connectivity index (χ3v) is 5.25. The Balaban J connectivity index is 1.90. The summed E-state index contributed by atoms with van der Waals surface area (Å²) in [5, 5.41) is 0. The number of rotatable bonds is 5. The summed E-state index contributed by atoms with van der Waals surface area (Å²) in [6.07, 6.45) is 1.94. The molecule has 6 nitrogen and oxygen atoms in total. The number of hydrogen-bond acceptors (Lipinski definition) is 5. The van der Waals surface area contributed by atoms with E-state index in [0.29, 0.717) is 37.4 Å². The van der Waals surface area contributed by atoms with E-state index in [9.17, 15) is 14.0 Å². The molecule has 1 aromatic heterocycles. The molecular formula is C22H26FN3O3. The molecule has 2 aromatic rings. The van der Waals surface area contributed by atoms with E-state index in [1.165, 1.54) is 19.2 Å². The van der Waals surface area contributed by atoms with Gasteiger partial charge >= 0.3 is 5.97 Å². The van der Waals surface area contributed by atoms with Gasteiger partial charge in [0.15, 0.2) is 0 Å². The number of carbonyl (C=O) groups is 2. The van der Waals surface area contributed by atoms with Gasteiger partial charge in [0, 0.05) is 32.3 Å². The van der Waals surface area contributed by atoms with Crippen LogP contribution in [0.25, 0.3) is 0 Å². The third-order valence-electron chi connectivity index (χ3n) is 5.25. The number of esters is 1. The lowest BCUT2D eigenvalue weighted by Gasteiger charge is -2.35. The first-order chi connectivity index (χ1) is 13.9. The highest BCUT2D eigenvalue weighted by atomic mass is 19.1. The van der Waals surface area contributed by atoms with Crippen LogP contribution in [0, 0.1) is 11.7 Å². The predicted octanol–water partition coefficient (Wildman–Crippen LogP) is 3.27. The van der Waals surface area contributed by atoms with Crippen LogP contribution >= 0.6 is 0 Å². The number of benzene rings is 1. The van der Waals surface area contributed by atoms with Crippen LogP contribution in [0.4, 0.5) is 10.2 Å². The van der Waals surface area contributed by atoms with E-state index in [0.717, 1.165) is 5.56 Å². The SMILES string of the molecule is COC(=O)c1cccnc1N1CCC(=O)N(Cc2ccc(F)cc2)[C@@H](C(C)C)C1. The van der Waals surface area contributed by atoms with Gasteiger partial charge in [-0.2, -0.15) is 0 Å². The molecule has 7 heteroatoms. The molecule has 0 radical (unpaired) electrons. The maximum atomic E-state index is 13.3. The summed E-state index contributed by atoms with van der Waals surface area (Å²) >= 11 is 0. The van der Waals surface area contributed by atoms with Gasteiger partial charge in [-0.3, -0.25) is 4.79 Å². The molecule has 1 atom stereocenters. The Morgan fingerprint density at radius 1 is 1.28 bits per heavy atom. The van der Waals surface area contributed by atoms with Crippen LogP contribution < -0.4 is 4.90 Å². The molecule has 0 bridgehead atoms. The summed E-state index contributed by atoms with van der Waals surface area (Å²) in [4.78, 5) is 33.4. The van der Waals surface area contributed by atoms with Gasteiger partial charge in [-0.1, -0.05) is 26.0 Å². The largest absolute Gasteiger partial charge is 0.465 e. The van der Waals surface area contributed by atoms with Crippen molar-refractivity contribution in [1.29, 1.82) is 0 Å². The van der Waals surface area contributed by atoms with Crippen molar-refractivity contribution in [1.82, 2.24) is 9.88 Å². The Morgan fingerprint density at radius 3 is 2.66 bits per heavy atom. The fourth-order valence-corrected chi connectivity index (χ4v) is 3.65. The smallest absolute Gasteiger partial charge is 0.341 e. The Bertz CT molecular complexity index is 870. The molecule has 29 heavy (non-hydrogen) atoms. The lowest BCUT2D eigenvalue weighted by atomic mass is 10.0. The second kappa shape index (κ2) is 9.03. The van der Waals surface area contributed by atoms with Gasteiger partial charge < -0.3 is 14.5 Å². The zero-order chi connectivity index (χ0) is 21.0. The van der Waals surface area contributed by atoms with E-state index in [4.69, 9.17) is 4.74 Å². The van der Waals surface area contributed by atoms with Crippen LogP contribution in [0.2, 0.25) is 0 Å². The Labute approximate surface area is 170 Å². The molecule has 1 fully saturated rings. The molecule has 2 heterocycles. The molecule has 0 N–H and O–H groups in total. The van der Waals surface area contributed by atoms with Crippen molar-refractivity contribution >= 4 is 17.7 Å². The molecule has 0 spiro atoms. The first-order valence-corrected chi connectivity index (χ1v) is 9.73. The second-order valence-electron chi connectivity index (χ2n) is 7.52. The molecule has 1 aliphatic rings. The summed E-state index contributed by atoms with van der Waals surface area (Å²) in [7, 11) is 1.34. The van der Waals surface area contributed by atoms with Crippen molar-refractivity contribution < 1.29 is 18.7 Å². The normalized spacial score (nSPS) is 17.4. The number of nitrogens with zero attached hydrogens (tertiary/aromatic N) is 3. The Kier molecular flexibility index (Phi) is 6.46. The second-order valence-corrected chi connectivity index (χ2v) is 7.52. The molecule has 1 aromatic carbocycles. The van der Waals surface area contributed by atoms with Crippen LogP contribution in [0.5, 0.6) is 0 Å². The minimum atomic E-state index is -0.451. The number of pyridine rings is 1. The Hall–Kier alpha value is -2.96. The van der Waals surface area contributed by atoms with E-state index in [-0.39, 0.29) is 23.7 Å². The van der Waals surface area contributed by atoms with Crippen molar-refractivity contribution in [2.24, 2.45) is 5.92 Å². The van der Waals surface area contributed by atoms with Crippen molar-refractivity contribution in [2.45, 2.75) is 32.9 Å². The van der Waals surface area contributed by atoms with Gasteiger partial charge in [0.2, 0.25) is 5.91 Å². The summed E-state index contributed by atoms with van der Waals surface area (Å²) in [5.41, 5.74) is 1.27. The minimum Gasteiger partial charge on any atom is -0.465 e. The number of aromatic nitrogens is 1. The molecule has 0 saturated carbocycles. The lowest BCUT2D eigenvalue weighted by molar-refractivity contribution is -0.134. The Morgan fingerprint density at radius 2 is 2.00 bits per heavy atom. The van der Waals surface area contributed by atoms with Gasteiger partial charge in [-0.15, -0.1) is 0 Å². The fourth-order valence-electron chi connectivity index (χ4n) is 3.65. The van der Waals surface area contributed by atoms with E-state index in [1.807, 2.05) is 9.80 Å². The van der Waals surface area contributed by atoms with Crippen LogP contribution in [0.3, 0.4) is 0 Å². The predicted molar refractivity (Wildman–Crippen MR) is 108 cm³/mol. The average Bonchev–Trinajstić information content (AvgIpc) is 2.88. The highest BCUT2D eigenvalue weighted by molar-refractivity contribution is 5.94. The van der Waals surface area contributed by atoms with Crippen LogP contribution in [-0.2, 0) is 16.1 Å². The van der Waals surface area contributed by atoms with Crippen molar-refractivity contribution in [2.75, 3.05) is 25.1 Å². The van der Waals surface area contributed by atoms with Crippen molar-refractivity contribution in [3.63, 3.8) is 0 Å². The molecule has 0 aliphatic carbocycles.